The molecule has 4 aromatic rings. The van der Waals surface area contributed by atoms with Gasteiger partial charge >= 0.3 is 11.6 Å². The molecule has 0 atom stereocenters. The van der Waals surface area contributed by atoms with Crippen LogP contribution in [0.15, 0.2) is 44.0 Å². The van der Waals surface area contributed by atoms with Crippen molar-refractivity contribution in [2.45, 2.75) is 25.7 Å². The predicted molar refractivity (Wildman–Crippen MR) is 109 cm³/mol. The molecule has 152 valence electrons. The molecule has 0 fully saturated rings. The van der Waals surface area contributed by atoms with Gasteiger partial charge in [-0.05, 0) is 55.2 Å². The molecule has 0 aliphatic heterocycles. The quantitative estimate of drug-likeness (QED) is 0.492. The maximum absolute atomic E-state index is 12.3. The van der Waals surface area contributed by atoms with E-state index in [-0.39, 0.29) is 23.3 Å². The second-order valence-electron chi connectivity index (χ2n) is 7.39. The van der Waals surface area contributed by atoms with Gasteiger partial charge in [0.15, 0.2) is 11.2 Å². The number of carboxylic acids is 1. The number of fused-ring (bicyclic) bond motifs is 4. The number of aliphatic carboxylic acids is 1. The highest BCUT2D eigenvalue weighted by atomic mass is 16.5. The summed E-state index contributed by atoms with van der Waals surface area (Å²) in [5.74, 6) is -0.308. The lowest BCUT2D eigenvalue weighted by atomic mass is 9.99. The fraction of sp³-hybridized carbons (Fsp3) is 0.217. The molecule has 7 heteroatoms. The van der Waals surface area contributed by atoms with E-state index < -0.39 is 11.6 Å². The molecule has 30 heavy (non-hydrogen) atoms. The highest BCUT2D eigenvalue weighted by molar-refractivity contribution is 6.05. The summed E-state index contributed by atoms with van der Waals surface area (Å²) in [4.78, 5) is 23.9. The summed E-state index contributed by atoms with van der Waals surface area (Å²) in [6.45, 7) is 0. The van der Waals surface area contributed by atoms with E-state index in [9.17, 15) is 19.8 Å². The monoisotopic (exact) mass is 406 g/mol. The smallest absolute Gasteiger partial charge is 0.339 e. The topological polar surface area (TPSA) is 110 Å². The van der Waals surface area contributed by atoms with Crippen molar-refractivity contribution in [3.8, 4) is 22.8 Å². The van der Waals surface area contributed by atoms with Gasteiger partial charge in [-0.2, -0.15) is 0 Å². The van der Waals surface area contributed by atoms with Crippen molar-refractivity contribution in [3.05, 3.63) is 57.4 Å². The van der Waals surface area contributed by atoms with Gasteiger partial charge in [0, 0.05) is 27.5 Å². The third kappa shape index (κ3) is 2.66. The molecule has 2 aromatic heterocycles. The maximum Gasteiger partial charge on any atom is 0.339 e. The first kappa shape index (κ1) is 18.3. The third-order valence-electron chi connectivity index (χ3n) is 5.68. The first-order chi connectivity index (χ1) is 14.5. The van der Waals surface area contributed by atoms with Crippen LogP contribution in [0.4, 0.5) is 0 Å². The lowest BCUT2D eigenvalue weighted by Gasteiger charge is -2.06. The standard InChI is InChI=1S/C23H18O7/c1-28-12-7-5-11(6-8-12)20-17(10-18(24)25)16-9-15-13-3-2-4-14(13)23(27)30-22(15)19(26)21(16)29-20/h5-9,26H,2-4,10H2,1H3,(H,24,25). The van der Waals surface area contributed by atoms with Crippen LogP contribution in [-0.2, 0) is 24.1 Å². The minimum Gasteiger partial charge on any atom is -0.502 e. The molecule has 0 saturated carbocycles. The Morgan fingerprint density at radius 2 is 1.77 bits per heavy atom. The van der Waals surface area contributed by atoms with Crippen molar-refractivity contribution >= 4 is 27.9 Å². The predicted octanol–water partition coefficient (Wildman–Crippen LogP) is 4.04. The van der Waals surface area contributed by atoms with E-state index in [0.717, 1.165) is 12.0 Å². The van der Waals surface area contributed by atoms with Crippen LogP contribution in [0.5, 0.6) is 11.5 Å². The van der Waals surface area contributed by atoms with Crippen LogP contribution in [0.2, 0.25) is 0 Å². The Kier molecular flexibility index (Phi) is 4.06. The van der Waals surface area contributed by atoms with Crippen LogP contribution in [0, 0.1) is 0 Å². The molecule has 2 aromatic carbocycles. The van der Waals surface area contributed by atoms with Crippen LogP contribution < -0.4 is 10.4 Å². The Morgan fingerprint density at radius 1 is 1.07 bits per heavy atom. The zero-order valence-corrected chi connectivity index (χ0v) is 16.2. The van der Waals surface area contributed by atoms with Crippen molar-refractivity contribution in [1.82, 2.24) is 0 Å². The number of ether oxygens (including phenoxy) is 1. The van der Waals surface area contributed by atoms with E-state index in [0.29, 0.717) is 51.8 Å². The number of phenolic OH excluding ortho intramolecular Hbond substituents is 1. The first-order valence-electron chi connectivity index (χ1n) is 9.60. The molecule has 1 aliphatic rings. The molecular weight excluding hydrogens is 388 g/mol. The number of hydrogen-bond acceptors (Lipinski definition) is 6. The van der Waals surface area contributed by atoms with Gasteiger partial charge in [-0.25, -0.2) is 4.79 Å². The summed E-state index contributed by atoms with van der Waals surface area (Å²) in [5.41, 5.74) is 2.32. The molecule has 2 N–H and O–H groups in total. The van der Waals surface area contributed by atoms with E-state index in [1.54, 1.807) is 37.4 Å². The number of phenols is 1. The largest absolute Gasteiger partial charge is 0.502 e. The van der Waals surface area contributed by atoms with Crippen LogP contribution in [0.1, 0.15) is 23.1 Å². The van der Waals surface area contributed by atoms with Gasteiger partial charge in [0.2, 0.25) is 5.75 Å². The molecule has 0 bridgehead atoms. The number of methoxy groups -OCH3 is 1. The number of aryl methyl sites for hydroxylation is 1. The number of benzene rings is 2. The van der Waals surface area contributed by atoms with Crippen molar-refractivity contribution in [2.24, 2.45) is 0 Å². The zero-order chi connectivity index (χ0) is 21.0. The molecule has 1 aliphatic carbocycles. The normalized spacial score (nSPS) is 13.1. The summed E-state index contributed by atoms with van der Waals surface area (Å²) in [7, 11) is 1.56. The molecule has 0 spiro atoms. The second kappa shape index (κ2) is 6.66. The zero-order valence-electron chi connectivity index (χ0n) is 16.2. The van der Waals surface area contributed by atoms with Gasteiger partial charge in [-0.1, -0.05) is 0 Å². The average Bonchev–Trinajstić information content (AvgIpc) is 3.35. The van der Waals surface area contributed by atoms with Gasteiger partial charge in [-0.3, -0.25) is 4.79 Å². The number of aromatic hydroxyl groups is 1. The maximum atomic E-state index is 12.3. The number of furan rings is 1. The Labute approximate surface area is 170 Å². The van der Waals surface area contributed by atoms with E-state index in [1.807, 2.05) is 0 Å². The molecule has 5 rings (SSSR count). The molecular formula is C23H18O7. The van der Waals surface area contributed by atoms with Crippen LogP contribution in [-0.4, -0.2) is 23.3 Å². The third-order valence-corrected chi connectivity index (χ3v) is 5.68. The Balaban J connectivity index is 1.85. The van der Waals surface area contributed by atoms with E-state index >= 15 is 0 Å². The average molecular weight is 406 g/mol. The van der Waals surface area contributed by atoms with Crippen molar-refractivity contribution in [3.63, 3.8) is 0 Å². The molecule has 0 unspecified atom stereocenters. The van der Waals surface area contributed by atoms with E-state index in [4.69, 9.17) is 13.6 Å². The summed E-state index contributed by atoms with van der Waals surface area (Å²) in [5, 5.41) is 21.5. The minimum absolute atomic E-state index is 0.0741. The highest BCUT2D eigenvalue weighted by Crippen LogP contribution is 2.43. The fourth-order valence-corrected chi connectivity index (χ4v) is 4.30. The molecule has 2 heterocycles. The number of hydrogen-bond donors (Lipinski definition) is 2. The summed E-state index contributed by atoms with van der Waals surface area (Å²) >= 11 is 0. The number of rotatable bonds is 4. The Bertz CT molecular complexity index is 1370. The van der Waals surface area contributed by atoms with Gasteiger partial charge in [0.25, 0.3) is 0 Å². The fourth-order valence-electron chi connectivity index (χ4n) is 4.30. The summed E-state index contributed by atoms with van der Waals surface area (Å²) < 4.78 is 16.5. The molecule has 0 radical (unpaired) electrons. The number of carboxylic acid groups (broad SMARTS) is 1. The van der Waals surface area contributed by atoms with Crippen LogP contribution in [0.25, 0.3) is 33.3 Å². The Hall–Kier alpha value is -3.74. The lowest BCUT2D eigenvalue weighted by molar-refractivity contribution is -0.136. The van der Waals surface area contributed by atoms with Crippen molar-refractivity contribution in [2.75, 3.05) is 7.11 Å². The summed E-state index contributed by atoms with van der Waals surface area (Å²) in [6, 6.07) is 8.78. The molecule has 0 saturated heterocycles. The number of carbonyl (C=O) groups is 1. The Morgan fingerprint density at radius 3 is 2.47 bits per heavy atom. The van der Waals surface area contributed by atoms with E-state index in [1.165, 1.54) is 0 Å². The lowest BCUT2D eigenvalue weighted by Crippen LogP contribution is -2.07. The van der Waals surface area contributed by atoms with E-state index in [2.05, 4.69) is 0 Å². The van der Waals surface area contributed by atoms with Gasteiger partial charge in [0.05, 0.1) is 13.5 Å². The van der Waals surface area contributed by atoms with Crippen molar-refractivity contribution < 1.29 is 28.6 Å². The van der Waals surface area contributed by atoms with Crippen LogP contribution in [0.3, 0.4) is 0 Å². The van der Waals surface area contributed by atoms with Gasteiger partial charge in [-0.15, -0.1) is 0 Å². The molecule has 0 amide bonds. The van der Waals surface area contributed by atoms with Gasteiger partial charge < -0.3 is 23.8 Å². The van der Waals surface area contributed by atoms with Crippen LogP contribution >= 0.6 is 0 Å². The summed E-state index contributed by atoms with van der Waals surface area (Å²) in [6.07, 6.45) is 1.90. The molecule has 7 nitrogen and oxygen atoms in total. The SMILES string of the molecule is COc1ccc(-c2oc3c(O)c4oc(=O)c5c(c4cc3c2CC(=O)O)CCC5)cc1. The highest BCUT2D eigenvalue weighted by Gasteiger charge is 2.27. The second-order valence-corrected chi connectivity index (χ2v) is 7.39. The minimum atomic E-state index is -1.02. The first-order valence-corrected chi connectivity index (χ1v) is 9.60. The van der Waals surface area contributed by atoms with Gasteiger partial charge in [0.1, 0.15) is 11.5 Å². The van der Waals surface area contributed by atoms with Crippen molar-refractivity contribution in [1.29, 1.82) is 0 Å².